The number of carbonyl (C=O) groups is 1. The zero-order chi connectivity index (χ0) is 19.3. The number of carbonyl (C=O) groups excluding carboxylic acids is 1. The van der Waals surface area contributed by atoms with Crippen LogP contribution in [0.3, 0.4) is 0 Å². The summed E-state index contributed by atoms with van der Waals surface area (Å²) in [6.07, 6.45) is 3.41. The van der Waals surface area contributed by atoms with Crippen LogP contribution in [0.4, 0.5) is 5.69 Å². The van der Waals surface area contributed by atoms with E-state index in [-0.39, 0.29) is 5.91 Å². The molecule has 2 heterocycles. The number of amides is 1. The lowest BCUT2D eigenvalue weighted by Gasteiger charge is -2.23. The van der Waals surface area contributed by atoms with Crippen molar-refractivity contribution < 1.29 is 9.53 Å². The minimum atomic E-state index is -0.160. The van der Waals surface area contributed by atoms with Crippen molar-refractivity contribution in [1.82, 2.24) is 9.97 Å². The molecule has 138 valence electrons. The topological polar surface area (TPSA) is 55.3 Å². The van der Waals surface area contributed by atoms with Gasteiger partial charge in [0.25, 0.3) is 5.91 Å². The fourth-order valence-corrected chi connectivity index (χ4v) is 3.03. The van der Waals surface area contributed by atoms with E-state index in [0.29, 0.717) is 12.2 Å². The number of ether oxygens (including phenoxy) is 1. The second-order valence-corrected chi connectivity index (χ2v) is 6.34. The summed E-state index contributed by atoms with van der Waals surface area (Å²) in [6, 6.07) is 22.8. The van der Waals surface area contributed by atoms with Crippen molar-refractivity contribution in [3.8, 4) is 5.75 Å². The van der Waals surface area contributed by atoms with Crippen LogP contribution in [0.2, 0.25) is 0 Å². The maximum absolute atomic E-state index is 13.4. The smallest absolute Gasteiger partial charge is 0.277 e. The van der Waals surface area contributed by atoms with Gasteiger partial charge in [0.15, 0.2) is 0 Å². The monoisotopic (exact) mass is 369 g/mol. The van der Waals surface area contributed by atoms with Gasteiger partial charge in [0.05, 0.1) is 19.2 Å². The van der Waals surface area contributed by atoms with Crippen LogP contribution in [0.1, 0.15) is 16.1 Å². The maximum Gasteiger partial charge on any atom is 0.277 e. The zero-order valence-electron chi connectivity index (χ0n) is 15.4. The molecular formula is C23H19N3O2. The Bertz CT molecular complexity index is 1100. The third-order valence-corrected chi connectivity index (χ3v) is 4.52. The molecule has 0 aliphatic rings. The molecule has 4 aromatic rings. The lowest BCUT2D eigenvalue weighted by atomic mass is 10.1. The molecule has 0 fully saturated rings. The summed E-state index contributed by atoms with van der Waals surface area (Å²) >= 11 is 0. The Balaban J connectivity index is 1.72. The van der Waals surface area contributed by atoms with Crippen LogP contribution in [0.15, 0.2) is 85.2 Å². The summed E-state index contributed by atoms with van der Waals surface area (Å²) in [5.74, 6) is 0.583. The van der Waals surface area contributed by atoms with Gasteiger partial charge in [-0.1, -0.05) is 30.3 Å². The van der Waals surface area contributed by atoms with Gasteiger partial charge in [-0.2, -0.15) is 0 Å². The molecule has 0 saturated carbocycles. The van der Waals surface area contributed by atoms with Gasteiger partial charge >= 0.3 is 0 Å². The first-order valence-electron chi connectivity index (χ1n) is 8.95. The molecule has 28 heavy (non-hydrogen) atoms. The van der Waals surface area contributed by atoms with E-state index in [1.54, 1.807) is 36.5 Å². The van der Waals surface area contributed by atoms with Gasteiger partial charge < -0.3 is 9.64 Å². The quantitative estimate of drug-likeness (QED) is 0.520. The molecule has 4 rings (SSSR count). The Morgan fingerprint density at radius 2 is 1.75 bits per heavy atom. The summed E-state index contributed by atoms with van der Waals surface area (Å²) in [7, 11) is 1.62. The van der Waals surface area contributed by atoms with Crippen LogP contribution in [-0.2, 0) is 6.54 Å². The zero-order valence-corrected chi connectivity index (χ0v) is 15.4. The van der Waals surface area contributed by atoms with E-state index in [4.69, 9.17) is 4.74 Å². The minimum absolute atomic E-state index is 0.160. The van der Waals surface area contributed by atoms with E-state index in [0.717, 1.165) is 27.9 Å². The van der Waals surface area contributed by atoms with Crippen LogP contribution in [0.5, 0.6) is 5.75 Å². The molecule has 5 nitrogen and oxygen atoms in total. The van der Waals surface area contributed by atoms with Crippen molar-refractivity contribution in [3.63, 3.8) is 0 Å². The first-order valence-corrected chi connectivity index (χ1v) is 8.95. The van der Waals surface area contributed by atoms with Crippen LogP contribution >= 0.6 is 0 Å². The second kappa shape index (κ2) is 7.88. The summed E-state index contributed by atoms with van der Waals surface area (Å²) in [5, 5.41) is 0.901. The van der Waals surface area contributed by atoms with Gasteiger partial charge in [-0.25, -0.2) is 4.98 Å². The Hall–Kier alpha value is -3.73. The Kier molecular flexibility index (Phi) is 4.97. The van der Waals surface area contributed by atoms with E-state index in [1.165, 1.54) is 0 Å². The number of anilines is 1. The molecular weight excluding hydrogens is 350 g/mol. The molecule has 0 aliphatic carbocycles. The molecule has 2 aromatic carbocycles. The molecule has 0 atom stereocenters. The average Bonchev–Trinajstić information content (AvgIpc) is 2.77. The molecule has 0 N–H and O–H groups in total. The highest BCUT2D eigenvalue weighted by Gasteiger charge is 2.20. The molecule has 0 radical (unpaired) electrons. The number of hydrogen-bond acceptors (Lipinski definition) is 4. The van der Waals surface area contributed by atoms with Crippen molar-refractivity contribution in [3.05, 3.63) is 96.4 Å². The van der Waals surface area contributed by atoms with Gasteiger partial charge in [0.2, 0.25) is 0 Å². The van der Waals surface area contributed by atoms with Crippen molar-refractivity contribution in [2.24, 2.45) is 0 Å². The fraction of sp³-hybridized carbons (Fsp3) is 0.0870. The van der Waals surface area contributed by atoms with Crippen molar-refractivity contribution in [2.45, 2.75) is 6.54 Å². The Morgan fingerprint density at radius 3 is 2.50 bits per heavy atom. The van der Waals surface area contributed by atoms with E-state index < -0.39 is 0 Å². The summed E-state index contributed by atoms with van der Waals surface area (Å²) in [6.45, 7) is 0.446. The van der Waals surface area contributed by atoms with Crippen molar-refractivity contribution in [1.29, 1.82) is 0 Å². The first-order chi connectivity index (χ1) is 13.7. The van der Waals surface area contributed by atoms with Gasteiger partial charge in [0.1, 0.15) is 11.4 Å². The molecule has 0 unspecified atom stereocenters. The highest BCUT2D eigenvalue weighted by atomic mass is 16.5. The summed E-state index contributed by atoms with van der Waals surface area (Å²) in [5.41, 5.74) is 2.96. The van der Waals surface area contributed by atoms with Gasteiger partial charge in [0, 0.05) is 23.5 Å². The lowest BCUT2D eigenvalue weighted by Crippen LogP contribution is -2.31. The lowest BCUT2D eigenvalue weighted by molar-refractivity contribution is 0.0980. The fourth-order valence-electron chi connectivity index (χ4n) is 3.03. The van der Waals surface area contributed by atoms with Gasteiger partial charge in [-0.15, -0.1) is 0 Å². The molecule has 0 saturated heterocycles. The minimum Gasteiger partial charge on any atom is -0.497 e. The average molecular weight is 369 g/mol. The number of benzene rings is 2. The normalized spacial score (nSPS) is 10.6. The van der Waals surface area contributed by atoms with Crippen molar-refractivity contribution in [2.75, 3.05) is 12.0 Å². The molecule has 0 bridgehead atoms. The maximum atomic E-state index is 13.4. The van der Waals surface area contributed by atoms with E-state index in [9.17, 15) is 4.79 Å². The third kappa shape index (κ3) is 3.69. The third-order valence-electron chi connectivity index (χ3n) is 4.52. The predicted molar refractivity (Wildman–Crippen MR) is 109 cm³/mol. The highest BCUT2D eigenvalue weighted by molar-refractivity contribution is 6.05. The number of rotatable bonds is 5. The van der Waals surface area contributed by atoms with E-state index in [1.807, 2.05) is 60.7 Å². The summed E-state index contributed by atoms with van der Waals surface area (Å²) in [4.78, 5) is 23.7. The van der Waals surface area contributed by atoms with Crippen LogP contribution < -0.4 is 9.64 Å². The second-order valence-electron chi connectivity index (χ2n) is 6.34. The first kappa shape index (κ1) is 17.7. The van der Waals surface area contributed by atoms with Gasteiger partial charge in [-0.3, -0.25) is 9.78 Å². The van der Waals surface area contributed by atoms with Crippen LogP contribution in [-0.4, -0.2) is 23.0 Å². The molecule has 0 aliphatic heterocycles. The van der Waals surface area contributed by atoms with Crippen LogP contribution in [0.25, 0.3) is 10.9 Å². The van der Waals surface area contributed by atoms with E-state index >= 15 is 0 Å². The van der Waals surface area contributed by atoms with Gasteiger partial charge in [-0.05, 0) is 48.0 Å². The summed E-state index contributed by atoms with van der Waals surface area (Å²) < 4.78 is 5.24. The number of pyridine rings is 2. The predicted octanol–water partition coefficient (Wildman–Crippen LogP) is 4.49. The SMILES string of the molecule is COc1ccc(N(Cc2ccccc2)C(=O)c2ccc3cnccc3n2)cc1. The van der Waals surface area contributed by atoms with E-state index in [2.05, 4.69) is 9.97 Å². The standard InChI is InChI=1S/C23H19N3O2/c1-28-20-10-8-19(9-11-20)26(16-17-5-3-2-4-6-17)23(27)22-12-7-18-15-24-14-13-21(18)25-22/h2-15H,16H2,1H3. The number of hydrogen-bond donors (Lipinski definition) is 0. The highest BCUT2D eigenvalue weighted by Crippen LogP contribution is 2.23. The molecule has 5 heteroatoms. The largest absolute Gasteiger partial charge is 0.497 e. The van der Waals surface area contributed by atoms with Crippen LogP contribution in [0, 0.1) is 0 Å². The number of nitrogens with zero attached hydrogens (tertiary/aromatic N) is 3. The Morgan fingerprint density at radius 1 is 0.964 bits per heavy atom. The number of fused-ring (bicyclic) bond motifs is 1. The molecule has 0 spiro atoms. The number of aromatic nitrogens is 2. The van der Waals surface area contributed by atoms with Crippen molar-refractivity contribution >= 4 is 22.5 Å². The molecule has 1 amide bonds. The number of methoxy groups -OCH3 is 1. The molecule has 2 aromatic heterocycles. The Labute approximate surface area is 163 Å².